The van der Waals surface area contributed by atoms with E-state index in [1.807, 2.05) is 0 Å². The number of rotatable bonds is 20. The largest absolute Gasteiger partial charge is 4.00 e. The molecule has 8 aromatic rings. The summed E-state index contributed by atoms with van der Waals surface area (Å²) in [5, 5.41) is 35.7. The van der Waals surface area contributed by atoms with Crippen LogP contribution < -0.4 is 41.5 Å². The maximum Gasteiger partial charge on any atom is 4.00 e. The summed E-state index contributed by atoms with van der Waals surface area (Å²) >= 11 is 0. The van der Waals surface area contributed by atoms with E-state index in [0.717, 1.165) is 0 Å². The molecule has 4 fully saturated rings. The number of nitrogens with zero attached hydrogens (tertiary/aromatic N) is 4. The van der Waals surface area contributed by atoms with Crippen molar-refractivity contribution >= 4 is 76.7 Å². The van der Waals surface area contributed by atoms with Crippen molar-refractivity contribution in [1.29, 1.82) is 0 Å². The van der Waals surface area contributed by atoms with Crippen LogP contribution in [0.15, 0.2) is 340 Å². The minimum absolute atomic E-state index is 0. The summed E-state index contributed by atoms with van der Waals surface area (Å²) in [6, 6.07) is 92.5. The third kappa shape index (κ3) is 24.0. The predicted molar refractivity (Wildman–Crippen MR) is 590 cm³/mol. The smallest absolute Gasteiger partial charge is 0.647 e. The maximum atomic E-state index is 5.61. The molecule has 4 nitrogen and oxygen atoms in total. The van der Waals surface area contributed by atoms with E-state index in [0.29, 0.717) is 0 Å². The Labute approximate surface area is 831 Å². The van der Waals surface area contributed by atoms with Crippen molar-refractivity contribution in [2.24, 2.45) is 21.7 Å². The van der Waals surface area contributed by atoms with Gasteiger partial charge in [-0.15, -0.1) is 22.2 Å². The second kappa shape index (κ2) is 47.6. The summed E-state index contributed by atoms with van der Waals surface area (Å²) in [5.41, 5.74) is -0.0485. The zero-order chi connectivity index (χ0) is 93.5. The molecule has 0 radical (unpaired) electrons. The number of hydrogen-bond acceptors (Lipinski definition) is 0. The fraction of sp³-hybridized carbons (Fsp3) is 0.484. The van der Waals surface area contributed by atoms with E-state index in [4.69, 9.17) is 21.3 Å². The first-order valence-electron chi connectivity index (χ1n) is 52.2. The van der Waals surface area contributed by atoms with E-state index >= 15 is 0 Å². The van der Waals surface area contributed by atoms with Gasteiger partial charge in [-0.05, 0) is 67.5 Å². The van der Waals surface area contributed by atoms with Crippen molar-refractivity contribution < 1.29 is 21.7 Å². The van der Waals surface area contributed by atoms with Gasteiger partial charge in [0.05, 0.1) is 0 Å². The Morgan fingerprint density at radius 2 is 0.293 bits per heavy atom. The molecule has 8 unspecified atom stereocenters. The SMILES string of the molecule is CC1([N-]C2C=CC=C2)CCCCCCCC(C)([SiH](c2ccccc2)c2ccccc2)C1(C)C.CC1([N-]C2C=CC=C2)CCCCCCCC(C)([SiH](c2ccccc2)c2ccccc2)C1(C)C.CC1([N-]C2C=CC=C2)CCCCCCCC(C)([SiH](c2ccccc2)c2ccccc2)C1(C)C.CC1([N-]C2C=CC=C2)CCCCCCCC(C)([SiH](c2ccccc2)c2ccccc2)C1(C)C.[Ti+4]. The van der Waals surface area contributed by atoms with Crippen LogP contribution in [0.25, 0.3) is 21.3 Å². The second-order valence-corrected chi connectivity index (χ2v) is 58.8. The van der Waals surface area contributed by atoms with E-state index in [1.54, 1.807) is 41.5 Å². The van der Waals surface area contributed by atoms with Gasteiger partial charge in [-0.25, -0.2) is 0 Å². The summed E-state index contributed by atoms with van der Waals surface area (Å²) < 4.78 is 0. The van der Waals surface area contributed by atoms with Crippen molar-refractivity contribution in [3.05, 3.63) is 361 Å². The van der Waals surface area contributed by atoms with E-state index in [2.05, 4.69) is 451 Å². The van der Waals surface area contributed by atoms with Gasteiger partial charge < -0.3 is 21.3 Å². The molecule has 8 aliphatic rings. The van der Waals surface area contributed by atoms with E-state index in [9.17, 15) is 0 Å². The molecule has 0 amide bonds. The molecule has 9 heteroatoms. The fourth-order valence-corrected chi connectivity index (χ4v) is 44.5. The predicted octanol–water partition coefficient (Wildman–Crippen LogP) is 28.7. The molecule has 8 aromatic carbocycles. The topological polar surface area (TPSA) is 56.4 Å². The van der Waals surface area contributed by atoms with Crippen molar-refractivity contribution in [2.75, 3.05) is 0 Å². The normalized spacial score (nSPS) is 28.1. The van der Waals surface area contributed by atoms with Crippen molar-refractivity contribution in [2.45, 2.75) is 357 Å². The second-order valence-electron chi connectivity index (χ2n) is 44.9. The summed E-state index contributed by atoms with van der Waals surface area (Å²) in [4.78, 5) is 0. The molecule has 704 valence electrons. The first-order chi connectivity index (χ1) is 63.5. The van der Waals surface area contributed by atoms with Crippen molar-refractivity contribution in [3.63, 3.8) is 0 Å². The zero-order valence-corrected chi connectivity index (χ0v) is 91.2. The van der Waals surface area contributed by atoms with Crippen LogP contribution in [0.3, 0.4) is 0 Å². The van der Waals surface area contributed by atoms with Gasteiger partial charge in [0.2, 0.25) is 0 Å². The van der Waals surface area contributed by atoms with Crippen LogP contribution >= 0.6 is 0 Å². The molecule has 0 saturated heterocycles. The summed E-state index contributed by atoms with van der Waals surface area (Å²) in [5.74, 6) is 0. The van der Waals surface area contributed by atoms with Crippen LogP contribution in [0.4, 0.5) is 0 Å². The zero-order valence-electron chi connectivity index (χ0n) is 85.0. The molecule has 0 aliphatic heterocycles. The van der Waals surface area contributed by atoms with Crippen LogP contribution in [0.2, 0.25) is 20.2 Å². The van der Waals surface area contributed by atoms with Gasteiger partial charge in [0.1, 0.15) is 35.2 Å². The van der Waals surface area contributed by atoms with Crippen molar-refractivity contribution in [1.82, 2.24) is 0 Å². The van der Waals surface area contributed by atoms with Gasteiger partial charge in [0.25, 0.3) is 0 Å². The third-order valence-corrected chi connectivity index (χ3v) is 54.3. The Bertz CT molecular complexity index is 4230. The van der Waals surface area contributed by atoms with Gasteiger partial charge in [-0.2, -0.15) is 0 Å². The van der Waals surface area contributed by atoms with Crippen LogP contribution in [0, 0.1) is 21.7 Å². The summed E-state index contributed by atoms with van der Waals surface area (Å²) in [6.07, 6.45) is 71.9. The molecular formula is C124H168N4Si4Ti. The van der Waals surface area contributed by atoms with Crippen molar-refractivity contribution in [3.8, 4) is 0 Å². The van der Waals surface area contributed by atoms with Gasteiger partial charge >= 0.3 is 21.7 Å². The average molecular weight is 1870 g/mol. The number of allylic oxidation sites excluding steroid dienone is 8. The summed E-state index contributed by atoms with van der Waals surface area (Å²) in [6.45, 7) is 41.0. The van der Waals surface area contributed by atoms with Crippen LogP contribution in [-0.4, -0.2) is 81.5 Å². The number of benzene rings is 8. The monoisotopic (exact) mass is 1870 g/mol. The molecule has 8 atom stereocenters. The quantitative estimate of drug-likeness (QED) is 0.0683. The number of hydrogen-bond donors (Lipinski definition) is 0. The third-order valence-electron chi connectivity index (χ3n) is 36.8. The molecule has 0 spiro atoms. The van der Waals surface area contributed by atoms with Crippen LogP contribution in [0.1, 0.15) is 291 Å². The molecule has 0 aromatic heterocycles. The molecule has 0 heterocycles. The van der Waals surface area contributed by atoms with Gasteiger partial charge in [0, 0.05) is 0 Å². The molecular weight excluding hydrogens is 1710 g/mol. The molecule has 16 rings (SSSR count). The molecule has 133 heavy (non-hydrogen) atoms. The standard InChI is InChI=1S/4C31H42NSi.Ti/c4*1-29(2)30(3,32-26-18-14-15-19-26)24-16-6-5-7-17-25-31(29,4)33(27-20-10-8-11-21-27)28-22-12-9-13-23-28;/h4*8-15,18-23,26,33H,5-7,16-17,24-25H2,1-4H3;/q4*-1;+4. The first kappa shape index (κ1) is 105. The van der Waals surface area contributed by atoms with Gasteiger partial charge in [-0.3, -0.25) is 0 Å². The minimum atomic E-state index is -1.58. The Morgan fingerprint density at radius 3 is 0.429 bits per heavy atom. The Balaban J connectivity index is 0.000000160. The molecule has 0 bridgehead atoms. The van der Waals surface area contributed by atoms with Gasteiger partial charge in [-0.1, -0.05) is 670 Å². The van der Waals surface area contributed by atoms with Crippen LogP contribution in [0.5, 0.6) is 0 Å². The first-order valence-corrected chi connectivity index (χ1v) is 59.1. The van der Waals surface area contributed by atoms with E-state index in [-0.39, 0.29) is 110 Å². The Hall–Kier alpha value is -6.90. The van der Waals surface area contributed by atoms with E-state index in [1.165, 1.54) is 180 Å². The minimum Gasteiger partial charge on any atom is -0.647 e. The fourth-order valence-electron chi connectivity index (χ4n) is 26.1. The Kier molecular flexibility index (Phi) is 37.6. The molecule has 0 N–H and O–H groups in total. The molecule has 8 aliphatic carbocycles. The van der Waals surface area contributed by atoms with Crippen LogP contribution in [-0.2, 0) is 21.7 Å². The van der Waals surface area contributed by atoms with Gasteiger partial charge in [0.15, 0.2) is 0 Å². The molecule has 4 saturated carbocycles. The maximum absolute atomic E-state index is 5.61. The average Bonchev–Trinajstić information content (AvgIpc) is 1.50. The van der Waals surface area contributed by atoms with E-state index < -0.39 is 35.2 Å². The Morgan fingerprint density at radius 1 is 0.173 bits per heavy atom. The summed E-state index contributed by atoms with van der Waals surface area (Å²) in [7, 11) is -6.32.